The zero-order valence-electron chi connectivity index (χ0n) is 13.6. The van der Waals surface area contributed by atoms with Crippen molar-refractivity contribution in [2.24, 2.45) is 0 Å². The summed E-state index contributed by atoms with van der Waals surface area (Å²) in [5.74, 6) is -1.06. The summed E-state index contributed by atoms with van der Waals surface area (Å²) in [5.41, 5.74) is 0.798. The monoisotopic (exact) mass is 364 g/mol. The number of rotatable bonds is 7. The number of nitrogens with one attached hydrogen (secondary N) is 1. The third-order valence-corrected chi connectivity index (χ3v) is 3.91. The van der Waals surface area contributed by atoms with Gasteiger partial charge in [0.15, 0.2) is 12.4 Å². The number of nitro benzene ring substituents is 1. The minimum absolute atomic E-state index is 0.0111. The highest BCUT2D eigenvalue weighted by atomic mass is 32.1. The molecule has 2 rings (SSSR count). The number of anilines is 1. The molecule has 0 radical (unpaired) electrons. The van der Waals surface area contributed by atoms with Gasteiger partial charge in [-0.15, -0.1) is 11.3 Å². The van der Waals surface area contributed by atoms with Crippen molar-refractivity contribution in [1.29, 1.82) is 0 Å². The number of nitrogens with zero attached hydrogens (tertiary/aromatic N) is 1. The lowest BCUT2D eigenvalue weighted by molar-refractivity contribution is -0.385. The number of esters is 1. The van der Waals surface area contributed by atoms with Gasteiger partial charge in [-0.2, -0.15) is 0 Å². The Hall–Kier alpha value is -2.94. The molecule has 1 aromatic heterocycles. The molecular formula is C16H16N2O6S. The molecule has 0 unspecified atom stereocenters. The Balaban J connectivity index is 2.03. The molecule has 0 bridgehead atoms. The lowest BCUT2D eigenvalue weighted by Crippen LogP contribution is -2.21. The molecule has 1 amide bonds. The van der Waals surface area contributed by atoms with Crippen molar-refractivity contribution in [2.75, 3.05) is 18.5 Å². The molecule has 0 saturated carbocycles. The van der Waals surface area contributed by atoms with Gasteiger partial charge in [-0.3, -0.25) is 14.9 Å². The number of thiophene rings is 1. The number of ether oxygens (including phenoxy) is 2. The van der Waals surface area contributed by atoms with Crippen molar-refractivity contribution in [3.8, 4) is 5.75 Å². The van der Waals surface area contributed by atoms with Gasteiger partial charge in [0.05, 0.1) is 17.1 Å². The Morgan fingerprint density at radius 2 is 2.08 bits per heavy atom. The Labute approximate surface area is 147 Å². The van der Waals surface area contributed by atoms with E-state index in [0.717, 1.165) is 5.56 Å². The average molecular weight is 364 g/mol. The van der Waals surface area contributed by atoms with Crippen molar-refractivity contribution >= 4 is 33.9 Å². The van der Waals surface area contributed by atoms with Crippen molar-refractivity contribution in [3.63, 3.8) is 0 Å². The molecule has 2 aromatic rings. The van der Waals surface area contributed by atoms with Crippen LogP contribution in [0.4, 0.5) is 10.7 Å². The summed E-state index contributed by atoms with van der Waals surface area (Å²) in [7, 11) is 0. The smallest absolute Gasteiger partial charge is 0.341 e. The van der Waals surface area contributed by atoms with Gasteiger partial charge < -0.3 is 14.8 Å². The van der Waals surface area contributed by atoms with E-state index >= 15 is 0 Å². The molecule has 8 nitrogen and oxygen atoms in total. The van der Waals surface area contributed by atoms with E-state index in [2.05, 4.69) is 5.32 Å². The Bertz CT molecular complexity index is 802. The van der Waals surface area contributed by atoms with Gasteiger partial charge in [0, 0.05) is 6.07 Å². The van der Waals surface area contributed by atoms with Gasteiger partial charge in [0.1, 0.15) is 5.00 Å². The van der Waals surface area contributed by atoms with Gasteiger partial charge in [-0.05, 0) is 36.9 Å². The number of hydrogen-bond donors (Lipinski definition) is 1. The summed E-state index contributed by atoms with van der Waals surface area (Å²) < 4.78 is 10.2. The molecule has 0 aliphatic carbocycles. The molecule has 1 heterocycles. The fourth-order valence-corrected chi connectivity index (χ4v) is 2.76. The second-order valence-corrected chi connectivity index (χ2v) is 5.87. The summed E-state index contributed by atoms with van der Waals surface area (Å²) in [6.45, 7) is 3.24. The predicted octanol–water partition coefficient (Wildman–Crippen LogP) is 3.16. The van der Waals surface area contributed by atoms with Crippen LogP contribution in [0.1, 0.15) is 22.8 Å². The molecule has 1 N–H and O–H groups in total. The lowest BCUT2D eigenvalue weighted by Gasteiger charge is -2.09. The number of nitro groups is 1. The van der Waals surface area contributed by atoms with E-state index in [1.54, 1.807) is 31.4 Å². The van der Waals surface area contributed by atoms with Gasteiger partial charge in [0.25, 0.3) is 5.91 Å². The van der Waals surface area contributed by atoms with Crippen LogP contribution < -0.4 is 10.1 Å². The molecule has 0 aliphatic heterocycles. The van der Waals surface area contributed by atoms with E-state index < -0.39 is 23.4 Å². The Kier molecular flexibility index (Phi) is 6.07. The molecule has 0 fully saturated rings. The van der Waals surface area contributed by atoms with Crippen LogP contribution in [0.2, 0.25) is 0 Å². The van der Waals surface area contributed by atoms with E-state index in [1.165, 1.54) is 23.5 Å². The van der Waals surface area contributed by atoms with Crippen LogP contribution in [-0.4, -0.2) is 30.0 Å². The maximum Gasteiger partial charge on any atom is 0.341 e. The van der Waals surface area contributed by atoms with Crippen molar-refractivity contribution in [3.05, 3.63) is 50.9 Å². The number of aryl methyl sites for hydroxylation is 1. The quantitative estimate of drug-likeness (QED) is 0.459. The highest BCUT2D eigenvalue weighted by Crippen LogP contribution is 2.28. The summed E-state index contributed by atoms with van der Waals surface area (Å²) in [6.07, 6.45) is 0. The van der Waals surface area contributed by atoms with E-state index in [-0.39, 0.29) is 23.6 Å². The van der Waals surface area contributed by atoms with Crippen LogP contribution in [0, 0.1) is 17.0 Å². The first-order valence-electron chi connectivity index (χ1n) is 7.34. The van der Waals surface area contributed by atoms with Crippen LogP contribution >= 0.6 is 11.3 Å². The fourth-order valence-electron chi connectivity index (χ4n) is 1.97. The Morgan fingerprint density at radius 1 is 1.32 bits per heavy atom. The topological polar surface area (TPSA) is 108 Å². The van der Waals surface area contributed by atoms with Crippen molar-refractivity contribution in [1.82, 2.24) is 0 Å². The largest absolute Gasteiger partial charge is 0.477 e. The van der Waals surface area contributed by atoms with Crippen molar-refractivity contribution in [2.45, 2.75) is 13.8 Å². The molecule has 0 saturated heterocycles. The zero-order valence-corrected chi connectivity index (χ0v) is 14.4. The fraction of sp³-hybridized carbons (Fsp3) is 0.250. The first-order chi connectivity index (χ1) is 11.9. The molecule has 132 valence electrons. The first kappa shape index (κ1) is 18.4. The summed E-state index contributed by atoms with van der Waals surface area (Å²) in [6, 6.07) is 5.94. The third kappa shape index (κ3) is 4.77. The number of carbonyl (C=O) groups excluding carboxylic acids is 2. The summed E-state index contributed by atoms with van der Waals surface area (Å²) in [5, 5.41) is 15.5. The Morgan fingerprint density at radius 3 is 2.76 bits per heavy atom. The van der Waals surface area contributed by atoms with Crippen LogP contribution in [0.25, 0.3) is 0 Å². The molecule has 9 heteroatoms. The lowest BCUT2D eigenvalue weighted by atomic mass is 10.2. The summed E-state index contributed by atoms with van der Waals surface area (Å²) in [4.78, 5) is 34.2. The van der Waals surface area contributed by atoms with Gasteiger partial charge in [0.2, 0.25) is 0 Å². The van der Waals surface area contributed by atoms with E-state index in [1.807, 2.05) is 0 Å². The SMILES string of the molecule is CCOC(=O)c1ccsc1NC(=O)COc1cc(C)ccc1[N+](=O)[O-]. The predicted molar refractivity (Wildman–Crippen MR) is 92.2 cm³/mol. The van der Waals surface area contributed by atoms with Crippen LogP contribution in [0.3, 0.4) is 0 Å². The summed E-state index contributed by atoms with van der Waals surface area (Å²) >= 11 is 1.17. The van der Waals surface area contributed by atoms with Gasteiger partial charge in [-0.25, -0.2) is 4.79 Å². The van der Waals surface area contributed by atoms with E-state index in [0.29, 0.717) is 5.00 Å². The zero-order chi connectivity index (χ0) is 18.4. The maximum absolute atomic E-state index is 12.0. The highest BCUT2D eigenvalue weighted by Gasteiger charge is 2.18. The highest BCUT2D eigenvalue weighted by molar-refractivity contribution is 7.14. The number of hydrogen-bond acceptors (Lipinski definition) is 7. The van der Waals surface area contributed by atoms with E-state index in [9.17, 15) is 19.7 Å². The second kappa shape index (κ2) is 8.25. The number of amides is 1. The molecule has 0 atom stereocenters. The number of benzene rings is 1. The first-order valence-corrected chi connectivity index (χ1v) is 8.22. The minimum Gasteiger partial charge on any atom is -0.477 e. The standard InChI is InChI=1S/C16H16N2O6S/c1-3-23-16(20)11-6-7-25-15(11)17-14(19)9-24-13-8-10(2)4-5-12(13)18(21)22/h4-8H,3,9H2,1-2H3,(H,17,19). The van der Waals surface area contributed by atoms with E-state index in [4.69, 9.17) is 9.47 Å². The average Bonchev–Trinajstić information content (AvgIpc) is 3.01. The molecular weight excluding hydrogens is 348 g/mol. The third-order valence-electron chi connectivity index (χ3n) is 3.08. The molecule has 25 heavy (non-hydrogen) atoms. The van der Waals surface area contributed by atoms with Gasteiger partial charge >= 0.3 is 11.7 Å². The van der Waals surface area contributed by atoms with Crippen LogP contribution in [0.15, 0.2) is 29.6 Å². The van der Waals surface area contributed by atoms with Crippen molar-refractivity contribution < 1.29 is 24.0 Å². The second-order valence-electron chi connectivity index (χ2n) is 4.95. The normalized spacial score (nSPS) is 10.2. The maximum atomic E-state index is 12.0. The van der Waals surface area contributed by atoms with Crippen LogP contribution in [0.5, 0.6) is 5.75 Å². The molecule has 0 aliphatic rings. The molecule has 0 spiro atoms. The minimum atomic E-state index is -0.579. The number of carbonyl (C=O) groups is 2. The van der Waals surface area contributed by atoms with Crippen LogP contribution in [-0.2, 0) is 9.53 Å². The van der Waals surface area contributed by atoms with Gasteiger partial charge in [-0.1, -0.05) is 6.07 Å². The molecule has 1 aromatic carbocycles.